The molecule has 0 radical (unpaired) electrons. The van der Waals surface area contributed by atoms with Crippen molar-refractivity contribution in [2.75, 3.05) is 13.1 Å². The summed E-state index contributed by atoms with van der Waals surface area (Å²) in [7, 11) is -3.55. The second-order valence-electron chi connectivity index (χ2n) is 4.39. The van der Waals surface area contributed by atoms with Gasteiger partial charge >= 0.3 is 0 Å². The van der Waals surface area contributed by atoms with Gasteiger partial charge in [-0.25, -0.2) is 8.42 Å². The molecule has 2 heterocycles. The summed E-state index contributed by atoms with van der Waals surface area (Å²) in [4.78, 5) is 11.8. The Morgan fingerprint density at radius 1 is 1.50 bits per heavy atom. The average Bonchev–Trinajstić information content (AvgIpc) is 2.77. The van der Waals surface area contributed by atoms with Crippen LogP contribution in [0.5, 0.6) is 0 Å². The molecule has 0 saturated carbocycles. The highest BCUT2D eigenvalue weighted by atomic mass is 32.2. The van der Waals surface area contributed by atoms with Crippen LogP contribution in [0.2, 0.25) is 0 Å². The van der Waals surface area contributed by atoms with Crippen molar-refractivity contribution in [3.63, 3.8) is 0 Å². The first-order valence-electron chi connectivity index (χ1n) is 5.68. The van der Waals surface area contributed by atoms with Gasteiger partial charge in [-0.3, -0.25) is 0 Å². The van der Waals surface area contributed by atoms with Crippen molar-refractivity contribution in [3.8, 4) is 0 Å². The van der Waals surface area contributed by atoms with Gasteiger partial charge < -0.3 is 9.90 Å². The summed E-state index contributed by atoms with van der Waals surface area (Å²) in [6, 6.07) is 3.32. The van der Waals surface area contributed by atoms with Gasteiger partial charge in [0.1, 0.15) is 4.21 Å². The molecule has 0 unspecified atom stereocenters. The second-order valence-corrected chi connectivity index (χ2v) is 7.84. The predicted octanol–water partition coefficient (Wildman–Crippen LogP) is 0.207. The lowest BCUT2D eigenvalue weighted by Crippen LogP contribution is -2.45. The number of carbonyl (C=O) groups excluding carboxylic acids is 1. The molecule has 0 N–H and O–H groups in total. The van der Waals surface area contributed by atoms with Gasteiger partial charge in [0.05, 0.1) is 0 Å². The fourth-order valence-electron chi connectivity index (χ4n) is 2.03. The molecule has 100 valence electrons. The Kier molecular flexibility index (Phi) is 3.74. The molecule has 1 atom stereocenters. The summed E-state index contributed by atoms with van der Waals surface area (Å²) in [5, 5.41) is 10.8. The third kappa shape index (κ3) is 2.57. The zero-order valence-electron chi connectivity index (χ0n) is 9.96. The van der Waals surface area contributed by atoms with Crippen LogP contribution in [-0.4, -0.2) is 31.8 Å². The van der Waals surface area contributed by atoms with Crippen molar-refractivity contribution in [1.82, 2.24) is 4.31 Å². The number of hydrogen-bond donors (Lipinski definition) is 0. The van der Waals surface area contributed by atoms with Crippen LogP contribution in [0.4, 0.5) is 0 Å². The zero-order valence-corrected chi connectivity index (χ0v) is 11.6. The molecule has 1 fully saturated rings. The highest BCUT2D eigenvalue weighted by Crippen LogP contribution is 2.27. The number of aryl methyl sites for hydroxylation is 1. The molecule has 1 saturated heterocycles. The van der Waals surface area contributed by atoms with Gasteiger partial charge in [0, 0.05) is 29.9 Å². The number of piperidine rings is 1. The molecule has 0 bridgehead atoms. The Bertz CT molecular complexity index is 549. The lowest BCUT2D eigenvalue weighted by atomic mass is 10.0. The van der Waals surface area contributed by atoms with Gasteiger partial charge in [0.15, 0.2) is 0 Å². The summed E-state index contributed by atoms with van der Waals surface area (Å²) in [5.41, 5.74) is 0. The highest BCUT2D eigenvalue weighted by molar-refractivity contribution is 7.91. The van der Waals surface area contributed by atoms with Crippen LogP contribution >= 0.6 is 11.3 Å². The van der Waals surface area contributed by atoms with E-state index >= 15 is 0 Å². The van der Waals surface area contributed by atoms with Gasteiger partial charge in [0.2, 0.25) is 0 Å². The smallest absolute Gasteiger partial charge is 0.252 e. The zero-order chi connectivity index (χ0) is 13.3. The molecule has 1 aromatic rings. The van der Waals surface area contributed by atoms with E-state index in [1.165, 1.54) is 15.6 Å². The molecule has 18 heavy (non-hydrogen) atoms. The lowest BCUT2D eigenvalue weighted by molar-refractivity contribution is -0.312. The first kappa shape index (κ1) is 13.5. The number of nitrogens with zero attached hydrogens (tertiary/aromatic N) is 1. The SMILES string of the molecule is Cc1ccc(S(=O)(=O)N2CCC[C@H](C(=O)[O-])C2)s1. The van der Waals surface area contributed by atoms with E-state index in [2.05, 4.69) is 0 Å². The fourth-order valence-corrected chi connectivity index (χ4v) is 4.99. The number of hydrogen-bond acceptors (Lipinski definition) is 5. The largest absolute Gasteiger partial charge is 0.550 e. The van der Waals surface area contributed by atoms with Gasteiger partial charge in [-0.15, -0.1) is 11.3 Å². The van der Waals surface area contributed by atoms with Crippen LogP contribution in [0.1, 0.15) is 17.7 Å². The molecule has 0 amide bonds. The van der Waals surface area contributed by atoms with E-state index in [9.17, 15) is 18.3 Å². The maximum atomic E-state index is 12.3. The van der Waals surface area contributed by atoms with E-state index in [0.717, 1.165) is 4.88 Å². The Hall–Kier alpha value is -0.920. The Morgan fingerprint density at radius 3 is 2.78 bits per heavy atom. The Morgan fingerprint density at radius 2 is 2.22 bits per heavy atom. The number of aliphatic carboxylic acids is 1. The third-order valence-corrected chi connectivity index (χ3v) is 6.36. The topological polar surface area (TPSA) is 77.5 Å². The molecule has 1 aliphatic rings. The number of carboxylic acids is 1. The predicted molar refractivity (Wildman–Crippen MR) is 65.5 cm³/mol. The molecular weight excluding hydrogens is 274 g/mol. The minimum atomic E-state index is -3.55. The molecule has 0 aliphatic carbocycles. The van der Waals surface area contributed by atoms with Gasteiger partial charge in [0.25, 0.3) is 10.0 Å². The van der Waals surface area contributed by atoms with Crippen LogP contribution in [0.3, 0.4) is 0 Å². The minimum absolute atomic E-state index is 0.0155. The second kappa shape index (κ2) is 4.99. The number of carboxylic acid groups (broad SMARTS) is 1. The maximum Gasteiger partial charge on any atom is 0.252 e. The van der Waals surface area contributed by atoms with E-state index in [-0.39, 0.29) is 10.8 Å². The summed E-state index contributed by atoms with van der Waals surface area (Å²) in [5.74, 6) is -1.87. The average molecular weight is 288 g/mol. The molecule has 7 heteroatoms. The van der Waals surface area contributed by atoms with Crippen LogP contribution in [0.25, 0.3) is 0 Å². The Labute approximate surface area is 110 Å². The molecular formula is C11H14NO4S2-. The summed E-state index contributed by atoms with van der Waals surface area (Å²) < 4.78 is 26.1. The van der Waals surface area contributed by atoms with E-state index in [1.807, 2.05) is 6.92 Å². The van der Waals surface area contributed by atoms with Crippen molar-refractivity contribution in [3.05, 3.63) is 17.0 Å². The maximum absolute atomic E-state index is 12.3. The molecule has 1 aromatic heterocycles. The molecule has 0 spiro atoms. The monoisotopic (exact) mass is 288 g/mol. The third-order valence-electron chi connectivity index (χ3n) is 3.03. The Balaban J connectivity index is 2.22. The van der Waals surface area contributed by atoms with Gasteiger partial charge in [-0.2, -0.15) is 4.31 Å². The normalized spacial score (nSPS) is 21.9. The molecule has 5 nitrogen and oxygen atoms in total. The van der Waals surface area contributed by atoms with Crippen LogP contribution in [0, 0.1) is 12.8 Å². The van der Waals surface area contributed by atoms with E-state index in [4.69, 9.17) is 0 Å². The van der Waals surface area contributed by atoms with Crippen molar-refractivity contribution < 1.29 is 18.3 Å². The fraction of sp³-hybridized carbons (Fsp3) is 0.545. The van der Waals surface area contributed by atoms with Crippen LogP contribution in [-0.2, 0) is 14.8 Å². The van der Waals surface area contributed by atoms with E-state index in [0.29, 0.717) is 19.4 Å². The van der Waals surface area contributed by atoms with Crippen LogP contribution in [0.15, 0.2) is 16.3 Å². The number of sulfonamides is 1. The molecule has 1 aliphatic heterocycles. The number of thiophene rings is 1. The van der Waals surface area contributed by atoms with Crippen molar-refractivity contribution in [2.24, 2.45) is 5.92 Å². The summed E-state index contributed by atoms with van der Waals surface area (Å²) in [6.45, 7) is 2.23. The number of rotatable bonds is 3. The van der Waals surface area contributed by atoms with E-state index < -0.39 is 21.9 Å². The van der Waals surface area contributed by atoms with Crippen LogP contribution < -0.4 is 5.11 Å². The van der Waals surface area contributed by atoms with Gasteiger partial charge in [-0.1, -0.05) is 0 Å². The quantitative estimate of drug-likeness (QED) is 0.796. The van der Waals surface area contributed by atoms with Crippen molar-refractivity contribution in [2.45, 2.75) is 24.0 Å². The summed E-state index contributed by atoms with van der Waals surface area (Å²) >= 11 is 1.21. The first-order chi connectivity index (χ1) is 8.41. The van der Waals surface area contributed by atoms with Crippen molar-refractivity contribution >= 4 is 27.3 Å². The number of carbonyl (C=O) groups is 1. The van der Waals surface area contributed by atoms with Crippen molar-refractivity contribution in [1.29, 1.82) is 0 Å². The lowest BCUT2D eigenvalue weighted by Gasteiger charge is -2.31. The molecule has 0 aromatic carbocycles. The standard InChI is InChI=1S/C11H15NO4S2/c1-8-4-5-10(17-8)18(15,16)12-6-2-3-9(7-12)11(13)14/h4-5,9H,2-3,6-7H2,1H3,(H,13,14)/p-1/t9-/m0/s1. The minimum Gasteiger partial charge on any atom is -0.550 e. The highest BCUT2D eigenvalue weighted by Gasteiger charge is 2.31. The summed E-state index contributed by atoms with van der Waals surface area (Å²) in [6.07, 6.45) is 1.04. The molecule has 2 rings (SSSR count). The first-order valence-corrected chi connectivity index (χ1v) is 7.94. The van der Waals surface area contributed by atoms with Gasteiger partial charge in [-0.05, 0) is 31.9 Å². The van der Waals surface area contributed by atoms with E-state index in [1.54, 1.807) is 12.1 Å².